The third kappa shape index (κ3) is 1.75. The molecule has 1 heterocycles. The minimum atomic E-state index is 0.503. The van der Waals surface area contributed by atoms with Gasteiger partial charge in [0.1, 0.15) is 0 Å². The Morgan fingerprint density at radius 3 is 2.15 bits per heavy atom. The third-order valence-electron chi connectivity index (χ3n) is 3.91. The van der Waals surface area contributed by atoms with Gasteiger partial charge >= 0.3 is 0 Å². The molecule has 0 spiro atoms. The fraction of sp³-hybridized carbons (Fsp3) is 1.00. The number of hydrogen-bond donors (Lipinski definition) is 1. The molecule has 2 rings (SSSR count). The number of nitrogens with zero attached hydrogens (tertiary/aromatic N) is 1. The molecule has 13 heavy (non-hydrogen) atoms. The van der Waals surface area contributed by atoms with Crippen molar-refractivity contribution < 1.29 is 0 Å². The molecule has 0 amide bonds. The molecule has 1 saturated carbocycles. The van der Waals surface area contributed by atoms with Crippen LogP contribution in [0.25, 0.3) is 0 Å². The molecule has 0 aromatic rings. The standard InChI is InChI=1S/C11H22N2/c1-8(2)13-6-9-4-3-5-10(7-13)11(9)12/h8-11H,3-7,12H2,1-2H3. The topological polar surface area (TPSA) is 29.3 Å². The monoisotopic (exact) mass is 182 g/mol. The minimum absolute atomic E-state index is 0.503. The highest BCUT2D eigenvalue weighted by molar-refractivity contribution is 4.93. The molecule has 0 aromatic carbocycles. The van der Waals surface area contributed by atoms with Crippen LogP contribution < -0.4 is 5.73 Å². The van der Waals surface area contributed by atoms with Crippen molar-refractivity contribution >= 4 is 0 Å². The molecule has 0 aromatic heterocycles. The summed E-state index contributed by atoms with van der Waals surface area (Å²) in [7, 11) is 0. The van der Waals surface area contributed by atoms with Crippen molar-refractivity contribution in [3.63, 3.8) is 0 Å². The fourth-order valence-corrected chi connectivity index (χ4v) is 2.94. The van der Waals surface area contributed by atoms with Gasteiger partial charge in [0.05, 0.1) is 0 Å². The van der Waals surface area contributed by atoms with Gasteiger partial charge in [0, 0.05) is 25.2 Å². The number of nitrogens with two attached hydrogens (primary N) is 1. The average Bonchev–Trinajstić information content (AvgIpc) is 2.02. The second-order valence-electron chi connectivity index (χ2n) is 5.08. The van der Waals surface area contributed by atoms with Gasteiger partial charge in [-0.05, 0) is 38.5 Å². The molecular formula is C11H22N2. The van der Waals surface area contributed by atoms with Gasteiger partial charge in [0.2, 0.25) is 0 Å². The van der Waals surface area contributed by atoms with E-state index in [0.29, 0.717) is 12.1 Å². The summed E-state index contributed by atoms with van der Waals surface area (Å²) in [5.41, 5.74) is 6.22. The zero-order valence-corrected chi connectivity index (χ0v) is 8.87. The largest absolute Gasteiger partial charge is 0.327 e. The maximum atomic E-state index is 6.22. The number of piperidine rings is 1. The van der Waals surface area contributed by atoms with Crippen LogP contribution in [0.4, 0.5) is 0 Å². The Bertz CT molecular complexity index is 165. The number of rotatable bonds is 1. The van der Waals surface area contributed by atoms with Gasteiger partial charge < -0.3 is 10.6 Å². The van der Waals surface area contributed by atoms with Gasteiger partial charge in [-0.25, -0.2) is 0 Å². The van der Waals surface area contributed by atoms with Gasteiger partial charge in [-0.1, -0.05) is 6.42 Å². The highest BCUT2D eigenvalue weighted by Gasteiger charge is 2.37. The van der Waals surface area contributed by atoms with E-state index in [4.69, 9.17) is 5.73 Å². The van der Waals surface area contributed by atoms with Crippen molar-refractivity contribution in [2.75, 3.05) is 13.1 Å². The summed E-state index contributed by atoms with van der Waals surface area (Å²) in [5, 5.41) is 0. The maximum Gasteiger partial charge on any atom is 0.0120 e. The average molecular weight is 182 g/mol. The van der Waals surface area contributed by atoms with E-state index >= 15 is 0 Å². The van der Waals surface area contributed by atoms with E-state index in [9.17, 15) is 0 Å². The zero-order chi connectivity index (χ0) is 9.42. The van der Waals surface area contributed by atoms with Gasteiger partial charge in [-0.2, -0.15) is 0 Å². The van der Waals surface area contributed by atoms with Gasteiger partial charge in [0.15, 0.2) is 0 Å². The zero-order valence-electron chi connectivity index (χ0n) is 8.87. The Hall–Kier alpha value is -0.0800. The number of fused-ring (bicyclic) bond motifs is 2. The van der Waals surface area contributed by atoms with E-state index in [-0.39, 0.29) is 0 Å². The van der Waals surface area contributed by atoms with Crippen LogP contribution in [0.2, 0.25) is 0 Å². The minimum Gasteiger partial charge on any atom is -0.327 e. The number of likely N-dealkylation sites (tertiary alicyclic amines) is 1. The Morgan fingerprint density at radius 2 is 1.69 bits per heavy atom. The summed E-state index contributed by atoms with van der Waals surface area (Å²) in [5.74, 6) is 1.57. The first-order chi connectivity index (χ1) is 6.18. The molecule has 1 aliphatic carbocycles. The van der Waals surface area contributed by atoms with E-state index in [1.807, 2.05) is 0 Å². The molecule has 1 aliphatic heterocycles. The molecule has 2 bridgehead atoms. The van der Waals surface area contributed by atoms with E-state index < -0.39 is 0 Å². The second kappa shape index (κ2) is 3.58. The molecule has 76 valence electrons. The molecule has 2 nitrogen and oxygen atoms in total. The predicted octanol–water partition coefficient (Wildman–Crippen LogP) is 1.45. The highest BCUT2D eigenvalue weighted by atomic mass is 15.2. The Labute approximate surface area is 81.5 Å². The second-order valence-corrected chi connectivity index (χ2v) is 5.08. The molecule has 1 saturated heterocycles. The van der Waals surface area contributed by atoms with Crippen molar-refractivity contribution in [1.82, 2.24) is 4.90 Å². The summed E-state index contributed by atoms with van der Waals surface area (Å²) in [6.45, 7) is 7.09. The van der Waals surface area contributed by atoms with Crippen LogP contribution in [-0.2, 0) is 0 Å². The third-order valence-corrected chi connectivity index (χ3v) is 3.91. The first-order valence-electron chi connectivity index (χ1n) is 5.68. The van der Waals surface area contributed by atoms with Crippen LogP contribution in [0.3, 0.4) is 0 Å². The van der Waals surface area contributed by atoms with Crippen molar-refractivity contribution in [3.8, 4) is 0 Å². The lowest BCUT2D eigenvalue weighted by molar-refractivity contribution is 0.0446. The molecule has 0 radical (unpaired) electrons. The molecule has 2 N–H and O–H groups in total. The van der Waals surface area contributed by atoms with Gasteiger partial charge in [-0.15, -0.1) is 0 Å². The predicted molar refractivity (Wildman–Crippen MR) is 55.5 cm³/mol. The Kier molecular flexibility index (Phi) is 2.61. The van der Waals surface area contributed by atoms with E-state index in [0.717, 1.165) is 11.8 Å². The SMILES string of the molecule is CC(C)N1CC2CCCC(C1)C2N. The van der Waals surface area contributed by atoms with E-state index in [2.05, 4.69) is 18.7 Å². The lowest BCUT2D eigenvalue weighted by atomic mass is 9.74. The Balaban J connectivity index is 2.03. The van der Waals surface area contributed by atoms with Crippen molar-refractivity contribution in [1.29, 1.82) is 0 Å². The fourth-order valence-electron chi connectivity index (χ4n) is 2.94. The molecule has 2 aliphatic rings. The van der Waals surface area contributed by atoms with Crippen LogP contribution in [0, 0.1) is 11.8 Å². The van der Waals surface area contributed by atoms with Crippen LogP contribution in [0.15, 0.2) is 0 Å². The normalized spacial score (nSPS) is 41.1. The lowest BCUT2D eigenvalue weighted by Gasteiger charge is -2.47. The quantitative estimate of drug-likeness (QED) is 0.665. The summed E-state index contributed by atoms with van der Waals surface area (Å²) in [4.78, 5) is 2.61. The summed E-state index contributed by atoms with van der Waals surface area (Å²) < 4.78 is 0. The van der Waals surface area contributed by atoms with Crippen molar-refractivity contribution in [2.45, 2.75) is 45.2 Å². The van der Waals surface area contributed by atoms with Crippen molar-refractivity contribution in [3.05, 3.63) is 0 Å². The van der Waals surface area contributed by atoms with Crippen LogP contribution in [0.5, 0.6) is 0 Å². The summed E-state index contributed by atoms with van der Waals surface area (Å²) in [6.07, 6.45) is 4.14. The van der Waals surface area contributed by atoms with E-state index in [1.165, 1.54) is 32.4 Å². The highest BCUT2D eigenvalue weighted by Crippen LogP contribution is 2.34. The smallest absolute Gasteiger partial charge is 0.0120 e. The Morgan fingerprint density at radius 1 is 1.15 bits per heavy atom. The lowest BCUT2D eigenvalue weighted by Crippen LogP contribution is -2.56. The van der Waals surface area contributed by atoms with Gasteiger partial charge in [-0.3, -0.25) is 0 Å². The maximum absolute atomic E-state index is 6.22. The van der Waals surface area contributed by atoms with Crippen LogP contribution in [-0.4, -0.2) is 30.1 Å². The van der Waals surface area contributed by atoms with Gasteiger partial charge in [0.25, 0.3) is 0 Å². The summed E-state index contributed by atoms with van der Waals surface area (Å²) >= 11 is 0. The molecule has 2 atom stereocenters. The number of hydrogen-bond acceptors (Lipinski definition) is 2. The van der Waals surface area contributed by atoms with E-state index in [1.54, 1.807) is 0 Å². The van der Waals surface area contributed by atoms with Crippen molar-refractivity contribution in [2.24, 2.45) is 17.6 Å². The molecule has 2 unspecified atom stereocenters. The molecular weight excluding hydrogens is 160 g/mol. The first kappa shape index (κ1) is 9.47. The summed E-state index contributed by atoms with van der Waals surface area (Å²) in [6, 6.07) is 1.21. The first-order valence-corrected chi connectivity index (χ1v) is 5.68. The van der Waals surface area contributed by atoms with Crippen LogP contribution >= 0.6 is 0 Å². The molecule has 2 fully saturated rings. The van der Waals surface area contributed by atoms with Crippen LogP contribution in [0.1, 0.15) is 33.1 Å². The molecule has 2 heteroatoms.